The summed E-state index contributed by atoms with van der Waals surface area (Å²) >= 11 is 4.87. The number of ether oxygens (including phenoxy) is 1. The Bertz CT molecular complexity index is 436. The van der Waals surface area contributed by atoms with Crippen LogP contribution in [0.3, 0.4) is 0 Å². The molecule has 0 aromatic carbocycles. The molecule has 7 heteroatoms. The maximum Gasteiger partial charge on any atom is 0.239 e. The maximum atomic E-state index is 11.9. The first-order valence-electron chi connectivity index (χ1n) is 5.83. The molecule has 1 atom stereocenters. The van der Waals surface area contributed by atoms with Gasteiger partial charge in [-0.1, -0.05) is 0 Å². The summed E-state index contributed by atoms with van der Waals surface area (Å²) < 4.78 is 5.80. The van der Waals surface area contributed by atoms with E-state index in [0.29, 0.717) is 13.2 Å². The summed E-state index contributed by atoms with van der Waals surface area (Å²) in [7, 11) is 1.56. The lowest BCUT2D eigenvalue weighted by atomic mass is 10.1. The molecule has 106 valence electrons. The van der Waals surface area contributed by atoms with Crippen LogP contribution in [0.15, 0.2) is 15.9 Å². The maximum absolute atomic E-state index is 11.9. The molecular formula is C12H17BrN2O3S. The van der Waals surface area contributed by atoms with Crippen LogP contribution < -0.4 is 10.6 Å². The monoisotopic (exact) mass is 348 g/mol. The fourth-order valence-corrected chi connectivity index (χ4v) is 2.84. The van der Waals surface area contributed by atoms with Crippen LogP contribution in [-0.4, -0.2) is 38.6 Å². The Hall–Kier alpha value is -0.920. The van der Waals surface area contributed by atoms with Gasteiger partial charge in [0.15, 0.2) is 0 Å². The first kappa shape index (κ1) is 16.1. The highest BCUT2D eigenvalue weighted by atomic mass is 79.9. The number of thiophene rings is 1. The van der Waals surface area contributed by atoms with Crippen molar-refractivity contribution in [2.24, 2.45) is 0 Å². The van der Waals surface area contributed by atoms with Crippen LogP contribution in [0, 0.1) is 0 Å². The molecule has 19 heavy (non-hydrogen) atoms. The molecule has 1 unspecified atom stereocenters. The van der Waals surface area contributed by atoms with Gasteiger partial charge in [-0.2, -0.15) is 0 Å². The van der Waals surface area contributed by atoms with E-state index in [9.17, 15) is 9.59 Å². The van der Waals surface area contributed by atoms with E-state index in [1.54, 1.807) is 7.11 Å². The molecule has 0 saturated carbocycles. The number of hydrogen-bond acceptors (Lipinski definition) is 4. The fourth-order valence-electron chi connectivity index (χ4n) is 1.37. The predicted molar refractivity (Wildman–Crippen MR) is 78.3 cm³/mol. The molecule has 0 spiro atoms. The highest BCUT2D eigenvalue weighted by Gasteiger charge is 2.17. The number of nitrogens with one attached hydrogen (secondary N) is 2. The van der Waals surface area contributed by atoms with Crippen LogP contribution >= 0.6 is 27.3 Å². The van der Waals surface area contributed by atoms with E-state index in [1.807, 2.05) is 19.1 Å². The number of methoxy groups -OCH3 is 1. The molecule has 0 aliphatic carbocycles. The second kappa shape index (κ2) is 8.29. The zero-order chi connectivity index (χ0) is 14.3. The summed E-state index contributed by atoms with van der Waals surface area (Å²) in [6.07, 6.45) is 0. The number of carbonyl (C=O) groups is 2. The normalized spacial score (nSPS) is 11.9. The van der Waals surface area contributed by atoms with Gasteiger partial charge in [-0.15, -0.1) is 11.3 Å². The van der Waals surface area contributed by atoms with Crippen LogP contribution in [0.5, 0.6) is 0 Å². The van der Waals surface area contributed by atoms with Crippen LogP contribution in [0.2, 0.25) is 0 Å². The topological polar surface area (TPSA) is 67.4 Å². The molecule has 0 radical (unpaired) electrons. The molecule has 2 N–H and O–H groups in total. The Morgan fingerprint density at radius 2 is 2.16 bits per heavy atom. The smallest absolute Gasteiger partial charge is 0.239 e. The van der Waals surface area contributed by atoms with Crippen molar-refractivity contribution in [3.63, 3.8) is 0 Å². The van der Waals surface area contributed by atoms with Gasteiger partial charge in [-0.05, 0) is 35.0 Å². The molecule has 1 aromatic heterocycles. The van der Waals surface area contributed by atoms with Gasteiger partial charge in [-0.25, -0.2) is 0 Å². The third-order valence-corrected chi connectivity index (χ3v) is 4.27. The summed E-state index contributed by atoms with van der Waals surface area (Å²) in [5, 5.41) is 5.25. The van der Waals surface area contributed by atoms with E-state index in [-0.39, 0.29) is 24.3 Å². The standard InChI is InChI=1S/C12H17BrN2O3S/c1-8(9-3-4-10(13)19-9)12(17)15-7-11(16)14-5-6-18-2/h3-4,8H,5-7H2,1-2H3,(H,14,16)(H,15,17). The molecule has 2 amide bonds. The lowest BCUT2D eigenvalue weighted by Gasteiger charge is -2.10. The van der Waals surface area contributed by atoms with Gasteiger partial charge in [-0.3, -0.25) is 9.59 Å². The zero-order valence-corrected chi connectivity index (χ0v) is 13.3. The predicted octanol–water partition coefficient (Wildman–Crippen LogP) is 1.49. The number of rotatable bonds is 7. The number of carbonyl (C=O) groups excluding carboxylic acids is 2. The van der Waals surface area contributed by atoms with E-state index < -0.39 is 0 Å². The number of amides is 2. The average Bonchev–Trinajstić information content (AvgIpc) is 2.82. The van der Waals surface area contributed by atoms with Crippen LogP contribution in [0.4, 0.5) is 0 Å². The highest BCUT2D eigenvalue weighted by Crippen LogP contribution is 2.28. The number of hydrogen-bond donors (Lipinski definition) is 2. The Kier molecular flexibility index (Phi) is 7.04. The Morgan fingerprint density at radius 1 is 1.42 bits per heavy atom. The first-order valence-corrected chi connectivity index (χ1v) is 7.44. The molecule has 0 bridgehead atoms. The van der Waals surface area contributed by atoms with E-state index >= 15 is 0 Å². The van der Waals surface area contributed by atoms with Crippen molar-refractivity contribution in [2.45, 2.75) is 12.8 Å². The van der Waals surface area contributed by atoms with E-state index in [4.69, 9.17) is 4.74 Å². The fraction of sp³-hybridized carbons (Fsp3) is 0.500. The van der Waals surface area contributed by atoms with Gasteiger partial charge >= 0.3 is 0 Å². The lowest BCUT2D eigenvalue weighted by molar-refractivity contribution is -0.126. The van der Waals surface area contributed by atoms with E-state index in [0.717, 1.165) is 8.66 Å². The molecule has 0 aliphatic rings. The van der Waals surface area contributed by atoms with Crippen molar-refractivity contribution in [1.82, 2.24) is 10.6 Å². The van der Waals surface area contributed by atoms with Crippen molar-refractivity contribution in [3.8, 4) is 0 Å². The average molecular weight is 349 g/mol. The Morgan fingerprint density at radius 3 is 2.74 bits per heavy atom. The van der Waals surface area contributed by atoms with Crippen LogP contribution in [0.25, 0.3) is 0 Å². The Balaban J connectivity index is 2.32. The van der Waals surface area contributed by atoms with Crippen molar-refractivity contribution >= 4 is 39.1 Å². The third kappa shape index (κ3) is 5.71. The number of halogens is 1. The molecule has 1 aromatic rings. The molecular weight excluding hydrogens is 332 g/mol. The van der Waals surface area contributed by atoms with Crippen molar-refractivity contribution in [1.29, 1.82) is 0 Å². The van der Waals surface area contributed by atoms with Crippen molar-refractivity contribution < 1.29 is 14.3 Å². The van der Waals surface area contributed by atoms with Gasteiger partial charge < -0.3 is 15.4 Å². The lowest BCUT2D eigenvalue weighted by Crippen LogP contribution is -2.39. The molecule has 1 rings (SSSR count). The summed E-state index contributed by atoms with van der Waals surface area (Å²) in [6.45, 7) is 2.70. The third-order valence-electron chi connectivity index (χ3n) is 2.47. The quantitative estimate of drug-likeness (QED) is 0.733. The van der Waals surface area contributed by atoms with Gasteiger partial charge in [0.05, 0.1) is 22.9 Å². The molecule has 1 heterocycles. The Labute approximate surface area is 124 Å². The highest BCUT2D eigenvalue weighted by molar-refractivity contribution is 9.11. The van der Waals surface area contributed by atoms with E-state index in [1.165, 1.54) is 11.3 Å². The largest absolute Gasteiger partial charge is 0.383 e. The van der Waals surface area contributed by atoms with Crippen LogP contribution in [0.1, 0.15) is 17.7 Å². The summed E-state index contributed by atoms with van der Waals surface area (Å²) in [5.74, 6) is -0.635. The van der Waals surface area contributed by atoms with E-state index in [2.05, 4.69) is 26.6 Å². The molecule has 0 saturated heterocycles. The van der Waals surface area contributed by atoms with Crippen molar-refractivity contribution in [3.05, 3.63) is 20.8 Å². The minimum Gasteiger partial charge on any atom is -0.383 e. The van der Waals surface area contributed by atoms with Crippen LogP contribution in [-0.2, 0) is 14.3 Å². The summed E-state index contributed by atoms with van der Waals surface area (Å²) in [4.78, 5) is 24.2. The summed E-state index contributed by atoms with van der Waals surface area (Å²) in [5.41, 5.74) is 0. The van der Waals surface area contributed by atoms with Crippen molar-refractivity contribution in [2.75, 3.05) is 26.8 Å². The zero-order valence-electron chi connectivity index (χ0n) is 10.9. The first-order chi connectivity index (χ1) is 9.04. The molecule has 0 aliphatic heterocycles. The van der Waals surface area contributed by atoms with Gasteiger partial charge in [0.25, 0.3) is 0 Å². The van der Waals surface area contributed by atoms with Gasteiger partial charge in [0.1, 0.15) is 0 Å². The second-order valence-electron chi connectivity index (χ2n) is 3.92. The second-order valence-corrected chi connectivity index (χ2v) is 6.42. The van der Waals surface area contributed by atoms with Gasteiger partial charge in [0.2, 0.25) is 11.8 Å². The summed E-state index contributed by atoms with van der Waals surface area (Å²) in [6, 6.07) is 3.80. The minimum absolute atomic E-state index is 0.0145. The SMILES string of the molecule is COCCNC(=O)CNC(=O)C(C)c1ccc(Br)s1. The minimum atomic E-state index is -0.261. The molecule has 0 fully saturated rings. The molecule has 5 nitrogen and oxygen atoms in total. The van der Waals surface area contributed by atoms with Gasteiger partial charge in [0, 0.05) is 18.5 Å².